The summed E-state index contributed by atoms with van der Waals surface area (Å²) >= 11 is 0. The molecule has 0 radical (unpaired) electrons. The van der Waals surface area contributed by atoms with Crippen molar-refractivity contribution in [2.45, 2.75) is 117 Å². The monoisotopic (exact) mass is 818 g/mol. The molecule has 0 saturated heterocycles. The number of amides is 2. The van der Waals surface area contributed by atoms with Crippen LogP contribution in [0.1, 0.15) is 119 Å². The van der Waals surface area contributed by atoms with E-state index in [1.54, 1.807) is 50.6 Å². The highest BCUT2D eigenvalue weighted by Crippen LogP contribution is 2.39. The molecule has 0 N–H and O–H groups in total. The van der Waals surface area contributed by atoms with Gasteiger partial charge in [0.25, 0.3) is 5.91 Å². The molecule has 282 valence electrons. The second kappa shape index (κ2) is 25.4. The first-order valence-electron chi connectivity index (χ1n) is 18.4. The molecule has 2 amide bonds. The number of para-hydroxylation sites is 1. The molecule has 3 aromatic rings. The van der Waals surface area contributed by atoms with Crippen LogP contribution in [0.4, 0.5) is 4.79 Å². The largest absolute Gasteiger partial charge is 1.00 e. The molecular weight excluding hydrogens is 759 g/mol. The summed E-state index contributed by atoms with van der Waals surface area (Å²) in [6.07, 6.45) is 17.4. The van der Waals surface area contributed by atoms with Gasteiger partial charge in [0.05, 0.1) is 33.5 Å². The zero-order valence-electron chi connectivity index (χ0n) is 31.4. The summed E-state index contributed by atoms with van der Waals surface area (Å²) in [5.74, 6) is 1.35. The van der Waals surface area contributed by atoms with Gasteiger partial charge < -0.3 is 47.7 Å². The van der Waals surface area contributed by atoms with Crippen molar-refractivity contribution in [2.75, 3.05) is 27.9 Å². The lowest BCUT2D eigenvalue weighted by atomic mass is 10.1. The van der Waals surface area contributed by atoms with Gasteiger partial charge in [-0.2, -0.15) is 0 Å². The molecule has 1 aromatic heterocycles. The zero-order valence-corrected chi connectivity index (χ0v) is 33.6. The normalized spacial score (nSPS) is 10.6. The predicted octanol–water partition coefficient (Wildman–Crippen LogP) is 6.47. The number of unbranched alkanes of at least 4 members (excludes halogenated alkanes) is 11. The molecule has 0 unspecified atom stereocenters. The fraction of sp³-hybridized carbons (Fsp3) is 0.537. The summed E-state index contributed by atoms with van der Waals surface area (Å²) in [6.45, 7) is 5.55. The van der Waals surface area contributed by atoms with E-state index in [9.17, 15) is 9.59 Å². The van der Waals surface area contributed by atoms with Gasteiger partial charge in [-0.1, -0.05) is 103 Å². The number of aromatic nitrogens is 1. The molecule has 0 aliphatic heterocycles. The van der Waals surface area contributed by atoms with Crippen molar-refractivity contribution in [1.82, 2.24) is 4.90 Å². The van der Waals surface area contributed by atoms with E-state index in [4.69, 9.17) is 23.7 Å². The van der Waals surface area contributed by atoms with E-state index in [1.807, 2.05) is 29.0 Å². The SMILES string of the molecule is CCCCCCCCCCCCCCOc1c(OC)cc(COC(=O)N(Cc2cccc[n+]2CCC)C(=O)c2ccccc2OC)cc1OC.[I-]. The van der Waals surface area contributed by atoms with Gasteiger partial charge in [-0.3, -0.25) is 4.79 Å². The zero-order chi connectivity index (χ0) is 36.0. The number of nitrogens with zero attached hydrogens (tertiary/aromatic N) is 2. The van der Waals surface area contributed by atoms with E-state index in [-0.39, 0.29) is 42.7 Å². The van der Waals surface area contributed by atoms with E-state index < -0.39 is 12.0 Å². The Morgan fingerprint density at radius 2 is 1.25 bits per heavy atom. The van der Waals surface area contributed by atoms with Crippen LogP contribution in [0, 0.1) is 0 Å². The van der Waals surface area contributed by atoms with Gasteiger partial charge in [0.15, 0.2) is 17.7 Å². The van der Waals surface area contributed by atoms with Crippen molar-refractivity contribution in [2.24, 2.45) is 0 Å². The van der Waals surface area contributed by atoms with Gasteiger partial charge in [-0.05, 0) is 36.2 Å². The fourth-order valence-corrected chi connectivity index (χ4v) is 5.96. The molecular formula is C41H59IN2O7. The molecule has 9 nitrogen and oxygen atoms in total. The molecule has 51 heavy (non-hydrogen) atoms. The van der Waals surface area contributed by atoms with Crippen LogP contribution < -0.4 is 47.5 Å². The van der Waals surface area contributed by atoms with Crippen LogP contribution in [-0.4, -0.2) is 44.8 Å². The average Bonchev–Trinajstić information content (AvgIpc) is 3.15. The highest BCUT2D eigenvalue weighted by molar-refractivity contribution is 6.04. The molecule has 1 heterocycles. The van der Waals surface area contributed by atoms with E-state index in [0.717, 1.165) is 36.4 Å². The van der Waals surface area contributed by atoms with Gasteiger partial charge in [-0.15, -0.1) is 0 Å². The van der Waals surface area contributed by atoms with Crippen molar-refractivity contribution in [1.29, 1.82) is 0 Å². The third-order valence-electron chi connectivity index (χ3n) is 8.75. The molecule has 3 rings (SSSR count). The Labute approximate surface area is 323 Å². The van der Waals surface area contributed by atoms with Crippen molar-refractivity contribution in [3.8, 4) is 23.0 Å². The topological polar surface area (TPSA) is 87.4 Å². The summed E-state index contributed by atoms with van der Waals surface area (Å²) in [6, 6.07) is 16.1. The van der Waals surface area contributed by atoms with E-state index in [1.165, 1.54) is 71.3 Å². The highest BCUT2D eigenvalue weighted by atomic mass is 127. The smallest absolute Gasteiger partial charge is 0.417 e. The molecule has 0 bridgehead atoms. The van der Waals surface area contributed by atoms with E-state index in [2.05, 4.69) is 13.8 Å². The van der Waals surface area contributed by atoms with Crippen LogP contribution in [0.5, 0.6) is 23.0 Å². The Bertz CT molecular complexity index is 1430. The Hall–Kier alpha value is -3.54. The van der Waals surface area contributed by atoms with Gasteiger partial charge >= 0.3 is 6.09 Å². The third-order valence-corrected chi connectivity index (χ3v) is 8.75. The summed E-state index contributed by atoms with van der Waals surface area (Å²) in [5, 5.41) is 0. The van der Waals surface area contributed by atoms with Crippen molar-refractivity contribution >= 4 is 12.0 Å². The van der Waals surface area contributed by atoms with Crippen molar-refractivity contribution in [3.05, 3.63) is 77.6 Å². The van der Waals surface area contributed by atoms with E-state index in [0.29, 0.717) is 35.2 Å². The average molecular weight is 819 g/mol. The standard InChI is InChI=1S/C41H59N2O7.HI/c1-6-8-9-10-11-12-13-14-15-16-17-22-28-49-39-37(47-4)29-33(30-38(39)48-5)32-50-41(45)43(31-34-23-20-21-27-42(34)26-7-2)40(44)35-24-18-19-25-36(35)46-3;/h18-21,23-25,27,29-30H,6-17,22,26,28,31-32H2,1-5H3;1H/q+1;/p-1. The number of pyridine rings is 1. The number of hydrogen-bond donors (Lipinski definition) is 0. The van der Waals surface area contributed by atoms with Crippen LogP contribution >= 0.6 is 0 Å². The number of hydrogen-bond acceptors (Lipinski definition) is 7. The first-order valence-corrected chi connectivity index (χ1v) is 18.4. The Kier molecular flexibility index (Phi) is 21.7. The minimum Gasteiger partial charge on any atom is -1.00 e. The molecule has 0 saturated carbocycles. The minimum atomic E-state index is -0.780. The lowest BCUT2D eigenvalue weighted by Crippen LogP contribution is -3.00. The number of carbonyl (C=O) groups is 2. The van der Waals surface area contributed by atoms with Crippen LogP contribution in [0.15, 0.2) is 60.8 Å². The summed E-state index contributed by atoms with van der Waals surface area (Å²) in [7, 11) is 4.63. The summed E-state index contributed by atoms with van der Waals surface area (Å²) in [5.41, 5.74) is 1.70. The quantitative estimate of drug-likeness (QED) is 0.0582. The highest BCUT2D eigenvalue weighted by Gasteiger charge is 2.30. The third kappa shape index (κ3) is 14.5. The number of benzene rings is 2. The number of carbonyl (C=O) groups excluding carboxylic acids is 2. The number of methoxy groups -OCH3 is 3. The maximum Gasteiger partial charge on any atom is 0.417 e. The molecule has 0 aliphatic carbocycles. The lowest BCUT2D eigenvalue weighted by molar-refractivity contribution is -0.704. The van der Waals surface area contributed by atoms with Crippen LogP contribution in [0.2, 0.25) is 0 Å². The molecule has 0 spiro atoms. The number of rotatable bonds is 24. The molecule has 10 heteroatoms. The molecule has 0 aliphatic rings. The second-order valence-electron chi connectivity index (χ2n) is 12.6. The van der Waals surface area contributed by atoms with Crippen LogP contribution in [-0.2, 0) is 24.4 Å². The van der Waals surface area contributed by atoms with Crippen molar-refractivity contribution < 1.29 is 61.8 Å². The predicted molar refractivity (Wildman–Crippen MR) is 196 cm³/mol. The van der Waals surface area contributed by atoms with E-state index >= 15 is 0 Å². The second-order valence-corrected chi connectivity index (χ2v) is 12.6. The fourth-order valence-electron chi connectivity index (χ4n) is 5.96. The first kappa shape index (κ1) is 43.6. The van der Waals surface area contributed by atoms with Gasteiger partial charge in [-0.25, -0.2) is 14.3 Å². The number of aryl methyl sites for hydroxylation is 1. The molecule has 0 fully saturated rings. The first-order chi connectivity index (χ1) is 24.5. The Morgan fingerprint density at radius 3 is 1.84 bits per heavy atom. The molecule has 0 atom stereocenters. The number of halogens is 1. The van der Waals surface area contributed by atoms with Gasteiger partial charge in [0.2, 0.25) is 11.4 Å². The number of ether oxygens (including phenoxy) is 5. The number of imide groups is 1. The van der Waals surface area contributed by atoms with Crippen molar-refractivity contribution in [3.63, 3.8) is 0 Å². The lowest BCUT2D eigenvalue weighted by Gasteiger charge is -2.21. The van der Waals surface area contributed by atoms with Gasteiger partial charge in [0, 0.05) is 18.6 Å². The van der Waals surface area contributed by atoms with Gasteiger partial charge in [0.1, 0.15) is 25.4 Å². The summed E-state index contributed by atoms with van der Waals surface area (Å²) in [4.78, 5) is 28.6. The van der Waals surface area contributed by atoms with Crippen LogP contribution in [0.25, 0.3) is 0 Å². The Morgan fingerprint density at radius 1 is 0.686 bits per heavy atom. The van der Waals surface area contributed by atoms with Crippen LogP contribution in [0.3, 0.4) is 0 Å². The maximum atomic E-state index is 13.8. The summed E-state index contributed by atoms with van der Waals surface area (Å²) < 4.78 is 30.7. The molecule has 2 aromatic carbocycles. The maximum absolute atomic E-state index is 13.8. The Balaban J connectivity index is 0.00000901. The minimum absolute atomic E-state index is 0.